The molecule has 2 saturated carbocycles. The number of nitrogens with one attached hydrogen (secondary N) is 1. The van der Waals surface area contributed by atoms with Crippen molar-refractivity contribution in [2.24, 2.45) is 11.8 Å². The lowest BCUT2D eigenvalue weighted by atomic mass is 9.81. The van der Waals surface area contributed by atoms with Crippen LogP contribution < -0.4 is 5.32 Å². The average molecular weight is 264 g/mol. The molecule has 0 amide bonds. The van der Waals surface area contributed by atoms with Crippen LogP contribution in [0.1, 0.15) is 65.7 Å². The van der Waals surface area contributed by atoms with Gasteiger partial charge in [0, 0.05) is 30.7 Å². The van der Waals surface area contributed by atoms with Crippen molar-refractivity contribution >= 4 is 0 Å². The van der Waals surface area contributed by atoms with Gasteiger partial charge in [0.25, 0.3) is 0 Å². The summed E-state index contributed by atoms with van der Waals surface area (Å²) < 4.78 is 0. The summed E-state index contributed by atoms with van der Waals surface area (Å²) in [5.41, 5.74) is 0.406. The second-order valence-corrected chi connectivity index (χ2v) is 7.64. The smallest absolute Gasteiger partial charge is 0.0309 e. The van der Waals surface area contributed by atoms with Gasteiger partial charge in [0.15, 0.2) is 0 Å². The Morgan fingerprint density at radius 3 is 2.53 bits per heavy atom. The van der Waals surface area contributed by atoms with Crippen LogP contribution in [-0.2, 0) is 0 Å². The summed E-state index contributed by atoms with van der Waals surface area (Å²) in [4.78, 5) is 2.92. The highest BCUT2D eigenvalue weighted by atomic mass is 15.3. The van der Waals surface area contributed by atoms with Gasteiger partial charge in [0.05, 0.1) is 0 Å². The largest absolute Gasteiger partial charge is 0.308 e. The molecule has 0 aromatic rings. The van der Waals surface area contributed by atoms with Gasteiger partial charge in [-0.15, -0.1) is 0 Å². The topological polar surface area (TPSA) is 15.3 Å². The maximum absolute atomic E-state index is 3.90. The van der Waals surface area contributed by atoms with E-state index in [2.05, 4.69) is 31.0 Å². The molecule has 2 nitrogen and oxygen atoms in total. The Bertz CT molecular complexity index is 312. The Balaban J connectivity index is 1.74. The van der Waals surface area contributed by atoms with Crippen LogP contribution in [0.3, 0.4) is 0 Å². The molecule has 0 aromatic heterocycles. The van der Waals surface area contributed by atoms with E-state index in [4.69, 9.17) is 0 Å². The second-order valence-electron chi connectivity index (χ2n) is 7.64. The third-order valence-electron chi connectivity index (χ3n) is 6.16. The van der Waals surface area contributed by atoms with E-state index in [0.29, 0.717) is 5.54 Å². The third kappa shape index (κ3) is 2.71. The molecule has 0 bridgehead atoms. The summed E-state index contributed by atoms with van der Waals surface area (Å²) in [7, 11) is 0. The first-order valence-corrected chi connectivity index (χ1v) is 8.65. The van der Waals surface area contributed by atoms with Crippen molar-refractivity contribution in [2.45, 2.75) is 83.3 Å². The summed E-state index contributed by atoms with van der Waals surface area (Å²) in [6.07, 6.45) is 10.0. The molecule has 0 spiro atoms. The van der Waals surface area contributed by atoms with Gasteiger partial charge in [-0.25, -0.2) is 0 Å². The van der Waals surface area contributed by atoms with Crippen LogP contribution in [0.15, 0.2) is 0 Å². The van der Waals surface area contributed by atoms with E-state index in [1.54, 1.807) is 0 Å². The van der Waals surface area contributed by atoms with Gasteiger partial charge in [0.2, 0.25) is 0 Å². The Labute approximate surface area is 119 Å². The molecule has 2 heteroatoms. The molecule has 0 radical (unpaired) electrons. The molecule has 3 rings (SSSR count). The zero-order valence-corrected chi connectivity index (χ0v) is 13.1. The number of hydrogen-bond acceptors (Lipinski definition) is 2. The van der Waals surface area contributed by atoms with Crippen molar-refractivity contribution in [3.05, 3.63) is 0 Å². The van der Waals surface area contributed by atoms with Crippen molar-refractivity contribution in [1.29, 1.82) is 0 Å². The zero-order chi connectivity index (χ0) is 13.5. The van der Waals surface area contributed by atoms with Crippen LogP contribution in [-0.4, -0.2) is 35.6 Å². The monoisotopic (exact) mass is 264 g/mol. The minimum absolute atomic E-state index is 0.406. The van der Waals surface area contributed by atoms with Gasteiger partial charge >= 0.3 is 0 Å². The minimum Gasteiger partial charge on any atom is -0.308 e. The van der Waals surface area contributed by atoms with Crippen molar-refractivity contribution in [3.8, 4) is 0 Å². The number of piperazine rings is 1. The van der Waals surface area contributed by atoms with E-state index in [9.17, 15) is 0 Å². The molecule has 1 heterocycles. The van der Waals surface area contributed by atoms with Gasteiger partial charge in [-0.1, -0.05) is 26.7 Å². The highest BCUT2D eigenvalue weighted by Gasteiger charge is 2.47. The van der Waals surface area contributed by atoms with Crippen molar-refractivity contribution < 1.29 is 0 Å². The highest BCUT2D eigenvalue weighted by molar-refractivity contribution is 5.05. The maximum atomic E-state index is 3.90. The molecule has 4 unspecified atom stereocenters. The first-order chi connectivity index (χ1) is 9.14. The molecule has 1 aliphatic heterocycles. The molecular formula is C17H32N2. The van der Waals surface area contributed by atoms with Gasteiger partial charge in [-0.3, -0.25) is 4.90 Å². The third-order valence-corrected chi connectivity index (χ3v) is 6.16. The summed E-state index contributed by atoms with van der Waals surface area (Å²) in [5.74, 6) is 1.86. The van der Waals surface area contributed by atoms with Crippen molar-refractivity contribution in [1.82, 2.24) is 10.2 Å². The van der Waals surface area contributed by atoms with Gasteiger partial charge in [-0.2, -0.15) is 0 Å². The SMILES string of the molecule is CCC1CNC(C)(C2CC2)CN1C1CCCCC1C. The Morgan fingerprint density at radius 2 is 1.89 bits per heavy atom. The highest BCUT2D eigenvalue weighted by Crippen LogP contribution is 2.43. The fourth-order valence-corrected chi connectivity index (χ4v) is 4.58. The molecule has 3 aliphatic rings. The van der Waals surface area contributed by atoms with Gasteiger partial charge in [-0.05, 0) is 50.9 Å². The molecule has 1 N–H and O–H groups in total. The first kappa shape index (κ1) is 13.9. The lowest BCUT2D eigenvalue weighted by molar-refractivity contribution is 0.00326. The Kier molecular flexibility index (Phi) is 3.92. The van der Waals surface area contributed by atoms with Gasteiger partial charge < -0.3 is 5.32 Å². The predicted octanol–water partition coefficient (Wildman–Crippen LogP) is 3.42. The van der Waals surface area contributed by atoms with Crippen LogP contribution in [0.4, 0.5) is 0 Å². The molecular weight excluding hydrogens is 232 g/mol. The maximum Gasteiger partial charge on any atom is 0.0309 e. The summed E-state index contributed by atoms with van der Waals surface area (Å²) in [5, 5.41) is 3.90. The standard InChI is InChI=1S/C17H32N2/c1-4-15-11-18-17(3,14-9-10-14)12-19(15)16-8-6-5-7-13(16)2/h13-16,18H,4-12H2,1-3H3. The zero-order valence-electron chi connectivity index (χ0n) is 13.1. The van der Waals surface area contributed by atoms with E-state index in [1.807, 2.05) is 0 Å². The van der Waals surface area contributed by atoms with E-state index in [-0.39, 0.29) is 0 Å². The summed E-state index contributed by atoms with van der Waals surface area (Å²) >= 11 is 0. The summed E-state index contributed by atoms with van der Waals surface area (Å²) in [6, 6.07) is 1.64. The fraction of sp³-hybridized carbons (Fsp3) is 1.00. The van der Waals surface area contributed by atoms with Crippen molar-refractivity contribution in [2.75, 3.05) is 13.1 Å². The normalized spacial score (nSPS) is 45.3. The first-order valence-electron chi connectivity index (χ1n) is 8.65. The van der Waals surface area contributed by atoms with E-state index < -0.39 is 0 Å². The van der Waals surface area contributed by atoms with Crippen LogP contribution in [0, 0.1) is 11.8 Å². The Morgan fingerprint density at radius 1 is 1.16 bits per heavy atom. The number of rotatable bonds is 3. The molecule has 3 fully saturated rings. The molecule has 4 atom stereocenters. The van der Waals surface area contributed by atoms with Crippen LogP contribution in [0.5, 0.6) is 0 Å². The summed E-state index contributed by atoms with van der Waals surface area (Å²) in [6.45, 7) is 9.86. The van der Waals surface area contributed by atoms with Gasteiger partial charge in [0.1, 0.15) is 0 Å². The van der Waals surface area contributed by atoms with Crippen LogP contribution in [0.2, 0.25) is 0 Å². The lowest BCUT2D eigenvalue weighted by Gasteiger charge is -2.52. The second kappa shape index (κ2) is 5.37. The molecule has 1 saturated heterocycles. The Hall–Kier alpha value is -0.0800. The number of nitrogens with zero attached hydrogens (tertiary/aromatic N) is 1. The van der Waals surface area contributed by atoms with Crippen LogP contribution >= 0.6 is 0 Å². The quantitative estimate of drug-likeness (QED) is 0.840. The van der Waals surface area contributed by atoms with Crippen molar-refractivity contribution in [3.63, 3.8) is 0 Å². The van der Waals surface area contributed by atoms with Crippen LogP contribution in [0.25, 0.3) is 0 Å². The fourth-order valence-electron chi connectivity index (χ4n) is 4.58. The molecule has 110 valence electrons. The van der Waals surface area contributed by atoms with E-state index >= 15 is 0 Å². The van der Waals surface area contributed by atoms with E-state index in [0.717, 1.165) is 23.9 Å². The van der Waals surface area contributed by atoms with E-state index in [1.165, 1.54) is 58.0 Å². The molecule has 0 aromatic carbocycles. The minimum atomic E-state index is 0.406. The molecule has 19 heavy (non-hydrogen) atoms. The molecule has 2 aliphatic carbocycles. The predicted molar refractivity (Wildman–Crippen MR) is 81.3 cm³/mol. The number of hydrogen-bond donors (Lipinski definition) is 1. The lowest BCUT2D eigenvalue weighted by Crippen LogP contribution is -2.66. The average Bonchev–Trinajstić information content (AvgIpc) is 3.24.